The van der Waals surface area contributed by atoms with Crippen molar-refractivity contribution in [1.82, 2.24) is 4.98 Å². The molecule has 0 saturated carbocycles. The molecule has 0 saturated heterocycles. The van der Waals surface area contributed by atoms with Gasteiger partial charge in [-0.25, -0.2) is 0 Å². The topological polar surface area (TPSA) is 42.1 Å². The zero-order valence-electron chi connectivity index (χ0n) is 10.4. The van der Waals surface area contributed by atoms with Crippen LogP contribution in [0.3, 0.4) is 0 Å². The molecule has 1 heterocycles. The molecule has 0 aliphatic carbocycles. The van der Waals surface area contributed by atoms with E-state index in [1.165, 1.54) is 0 Å². The van der Waals surface area contributed by atoms with E-state index >= 15 is 0 Å². The van der Waals surface area contributed by atoms with Gasteiger partial charge in [-0.1, -0.05) is 19.1 Å². The van der Waals surface area contributed by atoms with Gasteiger partial charge in [-0.3, -0.25) is 4.98 Å². The Morgan fingerprint density at radius 1 is 1.56 bits per heavy atom. The van der Waals surface area contributed by atoms with Gasteiger partial charge in [-0.15, -0.1) is 0 Å². The van der Waals surface area contributed by atoms with Crippen molar-refractivity contribution < 1.29 is 0 Å². The van der Waals surface area contributed by atoms with Gasteiger partial charge in [0.05, 0.1) is 17.6 Å². The van der Waals surface area contributed by atoms with Crippen molar-refractivity contribution in [3.8, 4) is 0 Å². The van der Waals surface area contributed by atoms with Crippen LogP contribution in [0.15, 0.2) is 30.5 Å². The Kier molecular flexibility index (Phi) is 4.50. The summed E-state index contributed by atoms with van der Waals surface area (Å²) in [7, 11) is 2.03. The summed E-state index contributed by atoms with van der Waals surface area (Å²) in [6.45, 7) is 8.83. The van der Waals surface area contributed by atoms with Crippen LogP contribution in [0.5, 0.6) is 0 Å². The number of rotatable bonds is 5. The summed E-state index contributed by atoms with van der Waals surface area (Å²) in [4.78, 5) is 6.50. The van der Waals surface area contributed by atoms with E-state index in [9.17, 15) is 0 Å². The highest BCUT2D eigenvalue weighted by atomic mass is 15.1. The van der Waals surface area contributed by atoms with Crippen molar-refractivity contribution in [2.45, 2.75) is 26.3 Å². The molecule has 0 amide bonds. The van der Waals surface area contributed by atoms with E-state index in [-0.39, 0.29) is 6.04 Å². The van der Waals surface area contributed by atoms with Gasteiger partial charge in [-0.05, 0) is 25.5 Å². The molecule has 0 aromatic carbocycles. The summed E-state index contributed by atoms with van der Waals surface area (Å²) < 4.78 is 0. The lowest BCUT2D eigenvalue weighted by molar-refractivity contribution is 0.675. The minimum atomic E-state index is 0.0421. The molecule has 1 unspecified atom stereocenters. The van der Waals surface area contributed by atoms with Crippen molar-refractivity contribution in [2.24, 2.45) is 5.73 Å². The molecule has 0 spiro atoms. The minimum Gasteiger partial charge on any atom is -0.369 e. The molecule has 0 aliphatic heterocycles. The number of likely N-dealkylation sites (N-methyl/N-ethyl adjacent to an activating group) is 1. The van der Waals surface area contributed by atoms with Gasteiger partial charge in [0.2, 0.25) is 0 Å². The van der Waals surface area contributed by atoms with Gasteiger partial charge in [0.1, 0.15) is 0 Å². The molecule has 0 fully saturated rings. The van der Waals surface area contributed by atoms with Crippen molar-refractivity contribution in [3.63, 3.8) is 0 Å². The normalized spacial score (nSPS) is 12.2. The fourth-order valence-electron chi connectivity index (χ4n) is 1.55. The van der Waals surface area contributed by atoms with Gasteiger partial charge in [0.25, 0.3) is 0 Å². The zero-order valence-corrected chi connectivity index (χ0v) is 10.4. The lowest BCUT2D eigenvalue weighted by Gasteiger charge is -2.19. The number of pyridine rings is 1. The predicted octanol–water partition coefficient (Wildman–Crippen LogP) is 2.50. The first kappa shape index (κ1) is 12.7. The summed E-state index contributed by atoms with van der Waals surface area (Å²) in [5, 5.41) is 0. The van der Waals surface area contributed by atoms with Crippen LogP contribution in [0.1, 0.15) is 32.0 Å². The summed E-state index contributed by atoms with van der Waals surface area (Å²) in [5.74, 6) is 0. The van der Waals surface area contributed by atoms with E-state index in [0.29, 0.717) is 0 Å². The zero-order chi connectivity index (χ0) is 12.1. The third-order valence-electron chi connectivity index (χ3n) is 2.54. The van der Waals surface area contributed by atoms with Crippen molar-refractivity contribution in [2.75, 3.05) is 18.5 Å². The van der Waals surface area contributed by atoms with Crippen molar-refractivity contribution >= 4 is 5.69 Å². The molecule has 1 aromatic heterocycles. The van der Waals surface area contributed by atoms with Crippen LogP contribution >= 0.6 is 0 Å². The second kappa shape index (κ2) is 5.66. The smallest absolute Gasteiger partial charge is 0.0572 e. The van der Waals surface area contributed by atoms with Gasteiger partial charge >= 0.3 is 0 Å². The first-order valence-corrected chi connectivity index (χ1v) is 5.61. The number of hydrogen-bond acceptors (Lipinski definition) is 3. The lowest BCUT2D eigenvalue weighted by Crippen LogP contribution is -2.19. The predicted molar refractivity (Wildman–Crippen MR) is 69.5 cm³/mol. The van der Waals surface area contributed by atoms with Crippen LogP contribution in [0.4, 0.5) is 5.69 Å². The molecule has 16 heavy (non-hydrogen) atoms. The number of anilines is 1. The van der Waals surface area contributed by atoms with Crippen LogP contribution in [0.2, 0.25) is 0 Å². The van der Waals surface area contributed by atoms with Crippen LogP contribution in [-0.4, -0.2) is 18.6 Å². The quantitative estimate of drug-likeness (QED) is 0.774. The Balaban J connectivity index is 2.74. The van der Waals surface area contributed by atoms with E-state index in [4.69, 9.17) is 5.73 Å². The van der Waals surface area contributed by atoms with Crippen LogP contribution in [0.25, 0.3) is 0 Å². The molecule has 3 nitrogen and oxygen atoms in total. The fourth-order valence-corrected chi connectivity index (χ4v) is 1.55. The SMILES string of the molecule is C=C(C)CN(C)c1ccc(C(N)CC)nc1. The summed E-state index contributed by atoms with van der Waals surface area (Å²) >= 11 is 0. The fraction of sp³-hybridized carbons (Fsp3) is 0.462. The highest BCUT2D eigenvalue weighted by Crippen LogP contribution is 2.16. The van der Waals surface area contributed by atoms with E-state index in [1.54, 1.807) is 0 Å². The van der Waals surface area contributed by atoms with Gasteiger partial charge < -0.3 is 10.6 Å². The Hall–Kier alpha value is -1.35. The number of nitrogens with two attached hydrogens (primary N) is 1. The molecular weight excluding hydrogens is 198 g/mol. The maximum absolute atomic E-state index is 5.91. The molecule has 1 rings (SSSR count). The van der Waals surface area contributed by atoms with Crippen LogP contribution in [0, 0.1) is 0 Å². The molecule has 0 aliphatic rings. The largest absolute Gasteiger partial charge is 0.369 e. The Morgan fingerprint density at radius 3 is 2.69 bits per heavy atom. The highest BCUT2D eigenvalue weighted by molar-refractivity contribution is 5.45. The molecule has 2 N–H and O–H groups in total. The maximum atomic E-state index is 5.91. The summed E-state index contributed by atoms with van der Waals surface area (Å²) in [6.07, 6.45) is 2.78. The molecule has 0 bridgehead atoms. The average molecular weight is 219 g/mol. The minimum absolute atomic E-state index is 0.0421. The van der Waals surface area contributed by atoms with Gasteiger partial charge in [-0.2, -0.15) is 0 Å². The lowest BCUT2D eigenvalue weighted by atomic mass is 10.1. The first-order chi connectivity index (χ1) is 7.54. The second-order valence-corrected chi connectivity index (χ2v) is 4.27. The number of aromatic nitrogens is 1. The molecule has 0 radical (unpaired) electrons. The molecule has 3 heteroatoms. The maximum Gasteiger partial charge on any atom is 0.0572 e. The molecule has 1 atom stereocenters. The van der Waals surface area contributed by atoms with Gasteiger partial charge in [0, 0.05) is 19.6 Å². The summed E-state index contributed by atoms with van der Waals surface area (Å²) in [6, 6.07) is 4.10. The van der Waals surface area contributed by atoms with Gasteiger partial charge in [0.15, 0.2) is 0 Å². The Labute approximate surface area is 98.0 Å². The molecular formula is C13H21N3. The third-order valence-corrected chi connectivity index (χ3v) is 2.54. The van der Waals surface area contributed by atoms with Crippen molar-refractivity contribution in [3.05, 3.63) is 36.2 Å². The molecule has 88 valence electrons. The summed E-state index contributed by atoms with van der Waals surface area (Å²) in [5.41, 5.74) is 9.09. The first-order valence-electron chi connectivity index (χ1n) is 5.61. The van der Waals surface area contributed by atoms with E-state index in [1.807, 2.05) is 26.2 Å². The van der Waals surface area contributed by atoms with Crippen LogP contribution < -0.4 is 10.6 Å². The Morgan fingerprint density at radius 2 is 2.25 bits per heavy atom. The van der Waals surface area contributed by atoms with E-state index < -0.39 is 0 Å². The highest BCUT2D eigenvalue weighted by Gasteiger charge is 2.06. The second-order valence-electron chi connectivity index (χ2n) is 4.27. The van der Waals surface area contributed by atoms with Crippen molar-refractivity contribution in [1.29, 1.82) is 0 Å². The Bertz CT molecular complexity index is 343. The molecule has 1 aromatic rings. The number of hydrogen-bond donors (Lipinski definition) is 1. The van der Waals surface area contributed by atoms with Crippen LogP contribution in [-0.2, 0) is 0 Å². The van der Waals surface area contributed by atoms with E-state index in [2.05, 4.69) is 29.5 Å². The monoisotopic (exact) mass is 219 g/mol. The number of nitrogens with zero attached hydrogens (tertiary/aromatic N) is 2. The average Bonchev–Trinajstić information content (AvgIpc) is 2.27. The third kappa shape index (κ3) is 3.35. The standard InChI is InChI=1S/C13H21N3/c1-5-12(14)13-7-6-11(8-15-13)16(4)9-10(2)3/h6-8,12H,2,5,9,14H2,1,3-4H3. The van der Waals surface area contributed by atoms with E-state index in [0.717, 1.165) is 29.9 Å².